The Morgan fingerprint density at radius 2 is 2.00 bits per heavy atom. The van der Waals surface area contributed by atoms with E-state index in [1.54, 1.807) is 6.20 Å². The van der Waals surface area contributed by atoms with E-state index in [2.05, 4.69) is 10.3 Å². The smallest absolute Gasteiger partial charge is 0.173 e. The monoisotopic (exact) mass is 276 g/mol. The lowest BCUT2D eigenvalue weighted by atomic mass is 10.2. The lowest BCUT2D eigenvalue weighted by Gasteiger charge is -2.15. The number of halogens is 1. The maximum Gasteiger partial charge on any atom is 0.173 e. The Hall–Kier alpha value is -1.74. The van der Waals surface area contributed by atoms with Crippen molar-refractivity contribution in [2.24, 2.45) is 0 Å². The van der Waals surface area contributed by atoms with Crippen LogP contribution in [0.5, 0.6) is 5.75 Å². The normalized spacial score (nSPS) is 10.5. The summed E-state index contributed by atoms with van der Waals surface area (Å²) in [5, 5.41) is 3.28. The number of alkyl halides is 1. The van der Waals surface area contributed by atoms with Crippen LogP contribution in [0.4, 0.5) is 11.5 Å². The Kier molecular flexibility index (Phi) is 4.63. The van der Waals surface area contributed by atoms with Gasteiger partial charge in [0.05, 0.1) is 6.10 Å². The van der Waals surface area contributed by atoms with Crippen LogP contribution in [0.2, 0.25) is 0 Å². The zero-order chi connectivity index (χ0) is 13.7. The zero-order valence-corrected chi connectivity index (χ0v) is 11.8. The molecular weight excluding hydrogens is 260 g/mol. The van der Waals surface area contributed by atoms with Crippen LogP contribution in [0.25, 0.3) is 0 Å². The molecule has 0 fully saturated rings. The van der Waals surface area contributed by atoms with E-state index in [0.717, 1.165) is 17.0 Å². The number of anilines is 2. The van der Waals surface area contributed by atoms with E-state index in [4.69, 9.17) is 16.3 Å². The molecule has 0 atom stereocenters. The molecule has 0 saturated heterocycles. The summed E-state index contributed by atoms with van der Waals surface area (Å²) in [6.07, 6.45) is 1.84. The number of hydrogen-bond acceptors (Lipinski definition) is 3. The maximum absolute atomic E-state index is 5.93. The van der Waals surface area contributed by atoms with Crippen LogP contribution >= 0.6 is 11.6 Å². The van der Waals surface area contributed by atoms with Gasteiger partial charge >= 0.3 is 0 Å². The van der Waals surface area contributed by atoms with E-state index in [1.807, 2.05) is 50.2 Å². The van der Waals surface area contributed by atoms with Crippen molar-refractivity contribution in [2.75, 3.05) is 5.32 Å². The third-order valence-corrected chi connectivity index (χ3v) is 2.84. The van der Waals surface area contributed by atoms with Crippen LogP contribution in [-0.2, 0) is 5.88 Å². The average Bonchev–Trinajstić information content (AvgIpc) is 2.41. The molecule has 1 aromatic carbocycles. The fraction of sp³-hybridized carbons (Fsp3) is 0.267. The predicted molar refractivity (Wildman–Crippen MR) is 79.3 cm³/mol. The van der Waals surface area contributed by atoms with E-state index in [-0.39, 0.29) is 6.10 Å². The number of rotatable bonds is 5. The molecule has 0 aliphatic rings. The Labute approximate surface area is 118 Å². The Bertz CT molecular complexity index is 543. The van der Waals surface area contributed by atoms with E-state index >= 15 is 0 Å². The number of nitrogens with zero attached hydrogens (tertiary/aromatic N) is 1. The summed E-state index contributed by atoms with van der Waals surface area (Å²) in [5.74, 6) is 1.90. The highest BCUT2D eigenvalue weighted by Gasteiger charge is 2.08. The largest absolute Gasteiger partial charge is 0.487 e. The first-order valence-electron chi connectivity index (χ1n) is 6.23. The van der Waals surface area contributed by atoms with Crippen LogP contribution in [0.1, 0.15) is 19.4 Å². The molecule has 0 bridgehead atoms. The molecule has 0 saturated carbocycles. The molecule has 0 aliphatic heterocycles. The molecule has 0 aliphatic carbocycles. The van der Waals surface area contributed by atoms with Crippen LogP contribution in [0.15, 0.2) is 42.6 Å². The highest BCUT2D eigenvalue weighted by Crippen LogP contribution is 2.28. The fourth-order valence-electron chi connectivity index (χ4n) is 1.72. The van der Waals surface area contributed by atoms with Crippen molar-refractivity contribution in [3.8, 4) is 5.75 Å². The number of benzene rings is 1. The number of nitrogens with one attached hydrogen (secondary N) is 1. The third-order valence-electron chi connectivity index (χ3n) is 2.55. The summed E-state index contributed by atoms with van der Waals surface area (Å²) in [6, 6.07) is 11.7. The Morgan fingerprint density at radius 1 is 1.21 bits per heavy atom. The van der Waals surface area contributed by atoms with Gasteiger partial charge in [0.1, 0.15) is 0 Å². The quantitative estimate of drug-likeness (QED) is 0.825. The van der Waals surface area contributed by atoms with Crippen molar-refractivity contribution in [1.29, 1.82) is 0 Å². The second kappa shape index (κ2) is 6.43. The molecule has 0 amide bonds. The van der Waals surface area contributed by atoms with Crippen LogP contribution < -0.4 is 10.1 Å². The number of aromatic nitrogens is 1. The lowest BCUT2D eigenvalue weighted by molar-refractivity contribution is 0.243. The van der Waals surface area contributed by atoms with Crippen molar-refractivity contribution in [3.63, 3.8) is 0 Å². The molecule has 0 radical (unpaired) electrons. The van der Waals surface area contributed by atoms with Crippen LogP contribution in [-0.4, -0.2) is 11.1 Å². The average molecular weight is 277 g/mol. The van der Waals surface area contributed by atoms with Gasteiger partial charge in [0.25, 0.3) is 0 Å². The first kappa shape index (κ1) is 13.7. The topological polar surface area (TPSA) is 34.1 Å². The third kappa shape index (κ3) is 3.61. The highest BCUT2D eigenvalue weighted by atomic mass is 35.5. The molecular formula is C15H17ClN2O. The molecule has 1 aromatic heterocycles. The number of hydrogen-bond donors (Lipinski definition) is 1. The number of pyridine rings is 1. The van der Waals surface area contributed by atoms with Gasteiger partial charge < -0.3 is 10.1 Å². The van der Waals surface area contributed by atoms with Gasteiger partial charge in [-0.3, -0.25) is 0 Å². The van der Waals surface area contributed by atoms with E-state index < -0.39 is 0 Å². The Morgan fingerprint density at radius 3 is 2.74 bits per heavy atom. The first-order chi connectivity index (χ1) is 9.20. The molecule has 3 nitrogen and oxygen atoms in total. The second-order valence-electron chi connectivity index (χ2n) is 4.43. The zero-order valence-electron chi connectivity index (χ0n) is 11.1. The SMILES string of the molecule is CC(C)Oc1cccnc1Nc1ccccc1CCl. The van der Waals surface area contributed by atoms with Crippen LogP contribution in [0.3, 0.4) is 0 Å². The summed E-state index contributed by atoms with van der Waals surface area (Å²) < 4.78 is 5.73. The molecule has 1 N–H and O–H groups in total. The maximum atomic E-state index is 5.93. The number of para-hydroxylation sites is 1. The molecule has 4 heteroatoms. The number of ether oxygens (including phenoxy) is 1. The van der Waals surface area contributed by atoms with Gasteiger partial charge in [-0.15, -0.1) is 11.6 Å². The molecule has 0 unspecified atom stereocenters. The minimum absolute atomic E-state index is 0.105. The van der Waals surface area contributed by atoms with Crippen molar-refractivity contribution in [3.05, 3.63) is 48.2 Å². The van der Waals surface area contributed by atoms with Crippen LogP contribution in [0, 0.1) is 0 Å². The molecule has 0 spiro atoms. The summed E-state index contributed by atoms with van der Waals surface area (Å²) in [5.41, 5.74) is 1.98. The summed E-state index contributed by atoms with van der Waals surface area (Å²) in [6.45, 7) is 3.98. The van der Waals surface area contributed by atoms with Gasteiger partial charge in [-0.05, 0) is 37.6 Å². The fourth-order valence-corrected chi connectivity index (χ4v) is 1.95. The van der Waals surface area contributed by atoms with Crippen molar-refractivity contribution < 1.29 is 4.74 Å². The molecule has 100 valence electrons. The van der Waals surface area contributed by atoms with E-state index in [0.29, 0.717) is 11.7 Å². The van der Waals surface area contributed by atoms with Crippen molar-refractivity contribution in [2.45, 2.75) is 25.8 Å². The lowest BCUT2D eigenvalue weighted by Crippen LogP contribution is -2.08. The van der Waals surface area contributed by atoms with Crippen molar-refractivity contribution in [1.82, 2.24) is 4.98 Å². The Balaban J connectivity index is 2.27. The summed E-state index contributed by atoms with van der Waals surface area (Å²) >= 11 is 5.93. The minimum atomic E-state index is 0.105. The van der Waals surface area contributed by atoms with Gasteiger partial charge in [-0.25, -0.2) is 4.98 Å². The predicted octanol–water partition coefficient (Wildman–Crippen LogP) is 4.35. The first-order valence-corrected chi connectivity index (χ1v) is 6.76. The van der Waals surface area contributed by atoms with Gasteiger partial charge in [-0.1, -0.05) is 18.2 Å². The van der Waals surface area contributed by atoms with Gasteiger partial charge in [-0.2, -0.15) is 0 Å². The van der Waals surface area contributed by atoms with Gasteiger partial charge in [0.2, 0.25) is 0 Å². The van der Waals surface area contributed by atoms with Gasteiger partial charge in [0, 0.05) is 17.8 Å². The minimum Gasteiger partial charge on any atom is -0.487 e. The second-order valence-corrected chi connectivity index (χ2v) is 4.70. The van der Waals surface area contributed by atoms with E-state index in [9.17, 15) is 0 Å². The molecule has 2 rings (SSSR count). The highest BCUT2D eigenvalue weighted by molar-refractivity contribution is 6.17. The molecule has 19 heavy (non-hydrogen) atoms. The summed E-state index contributed by atoms with van der Waals surface area (Å²) in [7, 11) is 0. The molecule has 2 aromatic rings. The molecule has 1 heterocycles. The van der Waals surface area contributed by atoms with Gasteiger partial charge in [0.15, 0.2) is 11.6 Å². The summed E-state index contributed by atoms with van der Waals surface area (Å²) in [4.78, 5) is 4.32. The van der Waals surface area contributed by atoms with Crippen molar-refractivity contribution >= 4 is 23.1 Å². The van der Waals surface area contributed by atoms with E-state index in [1.165, 1.54) is 0 Å². The standard InChI is InChI=1S/C15H17ClN2O/c1-11(2)19-14-8-5-9-17-15(14)18-13-7-4-3-6-12(13)10-16/h3-9,11H,10H2,1-2H3,(H,17,18).